The topological polar surface area (TPSA) is 55.5 Å². The summed E-state index contributed by atoms with van der Waals surface area (Å²) >= 11 is 0. The van der Waals surface area contributed by atoms with E-state index in [-0.39, 0.29) is 11.5 Å². The first-order chi connectivity index (χ1) is 5.16. The van der Waals surface area contributed by atoms with Crippen LogP contribution >= 0.6 is 0 Å². The van der Waals surface area contributed by atoms with Crippen molar-refractivity contribution in [3.8, 4) is 0 Å². The molecule has 0 aromatic rings. The Kier molecular flexibility index (Phi) is 2.52. The normalized spacial score (nSPS) is 26.2. The number of nitrogens with two attached hydrogens (primary N) is 1. The van der Waals surface area contributed by atoms with Crippen LogP contribution in [0.3, 0.4) is 0 Å². The fraction of sp³-hybridized carbons (Fsp3) is 1.00. The van der Waals surface area contributed by atoms with Crippen molar-refractivity contribution in [1.82, 2.24) is 0 Å². The van der Waals surface area contributed by atoms with E-state index in [0.29, 0.717) is 6.54 Å². The number of hydrogen-bond donors (Lipinski definition) is 2. The lowest BCUT2D eigenvalue weighted by Crippen LogP contribution is -2.38. The van der Waals surface area contributed by atoms with Gasteiger partial charge in [0, 0.05) is 19.1 Å². The first-order valence-electron chi connectivity index (χ1n) is 4.07. The summed E-state index contributed by atoms with van der Waals surface area (Å²) in [6.45, 7) is 2.45. The molecule has 11 heavy (non-hydrogen) atoms. The molecule has 3 heteroatoms. The molecule has 2 unspecified atom stereocenters. The maximum Gasteiger partial charge on any atom is 0.0867 e. The summed E-state index contributed by atoms with van der Waals surface area (Å²) < 4.78 is 5.03. The van der Waals surface area contributed by atoms with E-state index < -0.39 is 6.10 Å². The van der Waals surface area contributed by atoms with Crippen LogP contribution < -0.4 is 5.73 Å². The van der Waals surface area contributed by atoms with Crippen LogP contribution in [0.15, 0.2) is 0 Å². The highest BCUT2D eigenvalue weighted by Crippen LogP contribution is 2.48. The van der Waals surface area contributed by atoms with E-state index in [1.54, 1.807) is 7.11 Å². The number of aliphatic hydroxyl groups is 1. The highest BCUT2D eigenvalue weighted by molar-refractivity contribution is 5.01. The van der Waals surface area contributed by atoms with E-state index in [2.05, 4.69) is 0 Å². The van der Waals surface area contributed by atoms with Crippen molar-refractivity contribution in [3.05, 3.63) is 0 Å². The number of ether oxygens (including phenoxy) is 1. The molecule has 2 atom stereocenters. The quantitative estimate of drug-likeness (QED) is 0.612. The summed E-state index contributed by atoms with van der Waals surface area (Å²) in [4.78, 5) is 0. The van der Waals surface area contributed by atoms with Crippen molar-refractivity contribution in [1.29, 1.82) is 0 Å². The molecule has 0 amide bonds. The van der Waals surface area contributed by atoms with Crippen molar-refractivity contribution in [2.24, 2.45) is 11.1 Å². The third-order valence-corrected chi connectivity index (χ3v) is 2.74. The maximum atomic E-state index is 9.70. The van der Waals surface area contributed by atoms with Gasteiger partial charge in [-0.2, -0.15) is 0 Å². The van der Waals surface area contributed by atoms with Crippen molar-refractivity contribution >= 4 is 0 Å². The van der Waals surface area contributed by atoms with Crippen molar-refractivity contribution in [3.63, 3.8) is 0 Å². The van der Waals surface area contributed by atoms with Gasteiger partial charge in [0.05, 0.1) is 12.2 Å². The Hall–Kier alpha value is -0.120. The molecule has 0 heterocycles. The molecule has 3 nitrogen and oxygen atoms in total. The lowest BCUT2D eigenvalue weighted by atomic mass is 9.95. The maximum absolute atomic E-state index is 9.70. The molecule has 1 rings (SSSR count). The summed E-state index contributed by atoms with van der Waals surface area (Å²) in [5.41, 5.74) is 5.53. The van der Waals surface area contributed by atoms with Gasteiger partial charge in [0.1, 0.15) is 0 Å². The molecule has 1 aliphatic carbocycles. The van der Waals surface area contributed by atoms with Crippen LogP contribution in [0.4, 0.5) is 0 Å². The lowest BCUT2D eigenvalue weighted by molar-refractivity contribution is -0.0376. The van der Waals surface area contributed by atoms with Crippen LogP contribution in [0.2, 0.25) is 0 Å². The first kappa shape index (κ1) is 8.97. The average Bonchev–Trinajstić information content (AvgIpc) is 2.82. The zero-order valence-electron chi connectivity index (χ0n) is 7.21. The van der Waals surface area contributed by atoms with Gasteiger partial charge in [-0.3, -0.25) is 0 Å². The third-order valence-electron chi connectivity index (χ3n) is 2.74. The number of methoxy groups -OCH3 is 1. The number of aliphatic hydroxyl groups excluding tert-OH is 1. The van der Waals surface area contributed by atoms with E-state index in [1.165, 1.54) is 0 Å². The van der Waals surface area contributed by atoms with Gasteiger partial charge < -0.3 is 15.6 Å². The second kappa shape index (κ2) is 3.09. The SMILES string of the molecule is COC(C)C(O)C1(CN)CC1. The van der Waals surface area contributed by atoms with Gasteiger partial charge >= 0.3 is 0 Å². The highest BCUT2D eigenvalue weighted by Gasteiger charge is 2.49. The van der Waals surface area contributed by atoms with Gasteiger partial charge in [-0.15, -0.1) is 0 Å². The molecular weight excluding hydrogens is 142 g/mol. The summed E-state index contributed by atoms with van der Waals surface area (Å²) in [5, 5.41) is 9.70. The van der Waals surface area contributed by atoms with Gasteiger partial charge in [0.15, 0.2) is 0 Å². The smallest absolute Gasteiger partial charge is 0.0867 e. The van der Waals surface area contributed by atoms with Gasteiger partial charge in [0.25, 0.3) is 0 Å². The van der Waals surface area contributed by atoms with Gasteiger partial charge in [0.2, 0.25) is 0 Å². The molecule has 0 aliphatic heterocycles. The number of rotatable bonds is 4. The minimum absolute atomic E-state index is 0.0184. The third kappa shape index (κ3) is 1.55. The molecule has 0 bridgehead atoms. The van der Waals surface area contributed by atoms with Crippen LogP contribution in [-0.4, -0.2) is 31.0 Å². The second-order valence-corrected chi connectivity index (χ2v) is 3.45. The van der Waals surface area contributed by atoms with Gasteiger partial charge in [-0.1, -0.05) is 0 Å². The predicted octanol–water partition coefficient (Wildman–Crippen LogP) is 0.121. The molecule has 0 radical (unpaired) electrons. The summed E-state index contributed by atoms with van der Waals surface area (Å²) in [6, 6.07) is 0. The zero-order valence-corrected chi connectivity index (χ0v) is 7.21. The second-order valence-electron chi connectivity index (χ2n) is 3.45. The van der Waals surface area contributed by atoms with E-state index in [9.17, 15) is 5.11 Å². The summed E-state index contributed by atoms with van der Waals surface area (Å²) in [7, 11) is 1.61. The summed E-state index contributed by atoms with van der Waals surface area (Å²) in [6.07, 6.45) is 1.59. The highest BCUT2D eigenvalue weighted by atomic mass is 16.5. The summed E-state index contributed by atoms with van der Waals surface area (Å²) in [5.74, 6) is 0. The predicted molar refractivity (Wildman–Crippen MR) is 43.2 cm³/mol. The van der Waals surface area contributed by atoms with Crippen LogP contribution in [0.5, 0.6) is 0 Å². The largest absolute Gasteiger partial charge is 0.390 e. The molecular formula is C8H17NO2. The monoisotopic (exact) mass is 159 g/mol. The van der Waals surface area contributed by atoms with Crippen molar-refractivity contribution in [2.75, 3.05) is 13.7 Å². The molecule has 66 valence electrons. The Morgan fingerprint density at radius 3 is 2.45 bits per heavy atom. The fourth-order valence-electron chi connectivity index (χ4n) is 1.41. The molecule has 0 spiro atoms. The van der Waals surface area contributed by atoms with E-state index in [0.717, 1.165) is 12.8 Å². The van der Waals surface area contributed by atoms with Crippen LogP contribution in [-0.2, 0) is 4.74 Å². The van der Waals surface area contributed by atoms with Gasteiger partial charge in [-0.25, -0.2) is 0 Å². The Morgan fingerprint density at radius 2 is 2.18 bits per heavy atom. The minimum atomic E-state index is -0.391. The lowest BCUT2D eigenvalue weighted by Gasteiger charge is -2.25. The zero-order chi connectivity index (χ0) is 8.48. The molecule has 0 aromatic carbocycles. The first-order valence-corrected chi connectivity index (χ1v) is 4.07. The molecule has 1 saturated carbocycles. The minimum Gasteiger partial charge on any atom is -0.390 e. The van der Waals surface area contributed by atoms with Crippen molar-refractivity contribution < 1.29 is 9.84 Å². The fourth-order valence-corrected chi connectivity index (χ4v) is 1.41. The van der Waals surface area contributed by atoms with Crippen LogP contribution in [0.25, 0.3) is 0 Å². The van der Waals surface area contributed by atoms with E-state index >= 15 is 0 Å². The van der Waals surface area contributed by atoms with Crippen LogP contribution in [0, 0.1) is 5.41 Å². The molecule has 3 N–H and O–H groups in total. The molecule has 0 saturated heterocycles. The van der Waals surface area contributed by atoms with E-state index in [4.69, 9.17) is 10.5 Å². The molecule has 1 fully saturated rings. The Balaban J connectivity index is 2.46. The standard InChI is InChI=1S/C8H17NO2/c1-6(11-2)7(10)8(5-9)3-4-8/h6-7,10H,3-5,9H2,1-2H3. The Labute approximate surface area is 67.5 Å². The number of hydrogen-bond acceptors (Lipinski definition) is 3. The Bertz CT molecular complexity index is 134. The Morgan fingerprint density at radius 1 is 1.64 bits per heavy atom. The van der Waals surface area contributed by atoms with E-state index in [1.807, 2.05) is 6.92 Å². The van der Waals surface area contributed by atoms with Gasteiger partial charge in [-0.05, 0) is 19.8 Å². The van der Waals surface area contributed by atoms with Crippen LogP contribution in [0.1, 0.15) is 19.8 Å². The average molecular weight is 159 g/mol. The molecule has 0 aromatic heterocycles. The molecule has 1 aliphatic rings. The van der Waals surface area contributed by atoms with Crippen molar-refractivity contribution in [2.45, 2.75) is 32.0 Å².